The third kappa shape index (κ3) is 4.43. The Hall–Kier alpha value is -3.48. The second-order valence-corrected chi connectivity index (χ2v) is 6.62. The Balaban J connectivity index is 1.67. The smallest absolute Gasteiger partial charge is 0.308 e. The van der Waals surface area contributed by atoms with Gasteiger partial charge in [0.25, 0.3) is 5.91 Å². The average Bonchev–Trinajstić information content (AvgIpc) is 3.23. The molecule has 7 heteroatoms. The Morgan fingerprint density at radius 1 is 1.18 bits per heavy atom. The van der Waals surface area contributed by atoms with Gasteiger partial charge in [0.05, 0.1) is 18.7 Å². The van der Waals surface area contributed by atoms with E-state index in [2.05, 4.69) is 15.4 Å². The fourth-order valence-corrected chi connectivity index (χ4v) is 2.95. The van der Waals surface area contributed by atoms with E-state index in [9.17, 15) is 9.59 Å². The van der Waals surface area contributed by atoms with Gasteiger partial charge in [-0.3, -0.25) is 9.59 Å². The molecule has 0 unspecified atom stereocenters. The Bertz CT molecular complexity index is 966. The van der Waals surface area contributed by atoms with E-state index in [-0.39, 0.29) is 17.8 Å². The van der Waals surface area contributed by atoms with Crippen LogP contribution in [-0.4, -0.2) is 33.8 Å². The standard InChI is InChI=1S/C21H22N4O3/c1-14-11-18(25-13-22-12-23-25)8-9-19(14)20(26)24-17-6-4-16(5-7-17)10-15(2)21(27)28-3/h4-9,11-13,15H,10H2,1-3H3,(H,24,26)/t15-/m1/s1. The van der Waals surface area contributed by atoms with Crippen molar-refractivity contribution in [3.63, 3.8) is 0 Å². The first-order chi connectivity index (χ1) is 13.5. The van der Waals surface area contributed by atoms with Crippen LogP contribution in [0.15, 0.2) is 55.1 Å². The summed E-state index contributed by atoms with van der Waals surface area (Å²) in [5.41, 5.74) is 3.97. The number of methoxy groups -OCH3 is 1. The fraction of sp³-hybridized carbons (Fsp3) is 0.238. The van der Waals surface area contributed by atoms with Crippen LogP contribution in [0.25, 0.3) is 5.69 Å². The van der Waals surface area contributed by atoms with Crippen molar-refractivity contribution in [1.82, 2.24) is 14.8 Å². The lowest BCUT2D eigenvalue weighted by Gasteiger charge is -2.11. The minimum atomic E-state index is -0.234. The van der Waals surface area contributed by atoms with Gasteiger partial charge in [0.1, 0.15) is 12.7 Å². The number of nitrogens with zero attached hydrogens (tertiary/aromatic N) is 3. The Morgan fingerprint density at radius 2 is 1.93 bits per heavy atom. The number of nitrogens with one attached hydrogen (secondary N) is 1. The van der Waals surface area contributed by atoms with Crippen molar-refractivity contribution in [1.29, 1.82) is 0 Å². The van der Waals surface area contributed by atoms with Crippen LogP contribution in [0, 0.1) is 12.8 Å². The van der Waals surface area contributed by atoms with E-state index in [0.29, 0.717) is 17.7 Å². The number of rotatable bonds is 6. The van der Waals surface area contributed by atoms with Crippen molar-refractivity contribution >= 4 is 17.6 Å². The molecule has 0 saturated heterocycles. The lowest BCUT2D eigenvalue weighted by atomic mass is 10.0. The van der Waals surface area contributed by atoms with Crippen molar-refractivity contribution in [3.8, 4) is 5.69 Å². The van der Waals surface area contributed by atoms with E-state index in [4.69, 9.17) is 4.74 Å². The van der Waals surface area contributed by atoms with Crippen LogP contribution < -0.4 is 5.32 Å². The monoisotopic (exact) mass is 378 g/mol. The third-order valence-electron chi connectivity index (χ3n) is 4.50. The van der Waals surface area contributed by atoms with Crippen molar-refractivity contribution < 1.29 is 14.3 Å². The van der Waals surface area contributed by atoms with Crippen molar-refractivity contribution in [2.75, 3.05) is 12.4 Å². The summed E-state index contributed by atoms with van der Waals surface area (Å²) in [4.78, 5) is 28.1. The van der Waals surface area contributed by atoms with E-state index in [0.717, 1.165) is 16.8 Å². The first kappa shape index (κ1) is 19.3. The topological polar surface area (TPSA) is 86.1 Å². The summed E-state index contributed by atoms with van der Waals surface area (Å²) in [5.74, 6) is -0.628. The molecule has 28 heavy (non-hydrogen) atoms. The molecule has 0 saturated carbocycles. The number of amides is 1. The SMILES string of the molecule is COC(=O)[C@H](C)Cc1ccc(NC(=O)c2ccc(-n3cncn3)cc2C)cc1. The predicted octanol–water partition coefficient (Wildman–Crippen LogP) is 3.18. The molecule has 0 fully saturated rings. The summed E-state index contributed by atoms with van der Waals surface area (Å²) in [6, 6.07) is 12.9. The molecule has 0 aliphatic heterocycles. The summed E-state index contributed by atoms with van der Waals surface area (Å²) in [5, 5.41) is 6.99. The molecule has 0 aliphatic rings. The number of carbonyl (C=O) groups is 2. The normalized spacial score (nSPS) is 11.7. The zero-order valence-corrected chi connectivity index (χ0v) is 16.0. The summed E-state index contributed by atoms with van der Waals surface area (Å²) < 4.78 is 6.39. The van der Waals surface area contributed by atoms with Gasteiger partial charge in [-0.15, -0.1) is 0 Å². The number of anilines is 1. The molecule has 1 aromatic heterocycles. The highest BCUT2D eigenvalue weighted by Gasteiger charge is 2.14. The lowest BCUT2D eigenvalue weighted by Crippen LogP contribution is -2.15. The zero-order chi connectivity index (χ0) is 20.1. The van der Waals surface area contributed by atoms with Gasteiger partial charge in [0.15, 0.2) is 0 Å². The second-order valence-electron chi connectivity index (χ2n) is 6.62. The van der Waals surface area contributed by atoms with Crippen LogP contribution in [0.5, 0.6) is 0 Å². The Kier molecular flexibility index (Phi) is 5.84. The van der Waals surface area contributed by atoms with Gasteiger partial charge in [-0.2, -0.15) is 5.10 Å². The van der Waals surface area contributed by atoms with Crippen molar-refractivity contribution in [3.05, 3.63) is 71.8 Å². The van der Waals surface area contributed by atoms with Crippen LogP contribution in [0.1, 0.15) is 28.4 Å². The number of carbonyl (C=O) groups excluding carboxylic acids is 2. The maximum absolute atomic E-state index is 12.6. The maximum Gasteiger partial charge on any atom is 0.308 e. The molecule has 3 rings (SSSR count). The number of hydrogen-bond acceptors (Lipinski definition) is 5. The second kappa shape index (κ2) is 8.47. The molecule has 0 bridgehead atoms. The summed E-state index contributed by atoms with van der Waals surface area (Å²) >= 11 is 0. The Morgan fingerprint density at radius 3 is 2.54 bits per heavy atom. The minimum Gasteiger partial charge on any atom is -0.469 e. The van der Waals surface area contributed by atoms with E-state index in [1.807, 2.05) is 50.2 Å². The van der Waals surface area contributed by atoms with Gasteiger partial charge < -0.3 is 10.1 Å². The van der Waals surface area contributed by atoms with Gasteiger partial charge in [-0.1, -0.05) is 19.1 Å². The molecule has 0 radical (unpaired) electrons. The van der Waals surface area contributed by atoms with Gasteiger partial charge in [0, 0.05) is 11.3 Å². The molecule has 0 aliphatic carbocycles. The molecule has 1 atom stereocenters. The third-order valence-corrected chi connectivity index (χ3v) is 4.50. The summed E-state index contributed by atoms with van der Waals surface area (Å²) in [6.07, 6.45) is 3.66. The molecule has 2 aromatic carbocycles. The molecule has 7 nitrogen and oxygen atoms in total. The number of aryl methyl sites for hydroxylation is 1. The van der Waals surface area contributed by atoms with Crippen LogP contribution in [0.4, 0.5) is 5.69 Å². The zero-order valence-electron chi connectivity index (χ0n) is 16.0. The van der Waals surface area contributed by atoms with E-state index < -0.39 is 0 Å². The van der Waals surface area contributed by atoms with Gasteiger partial charge >= 0.3 is 5.97 Å². The summed E-state index contributed by atoms with van der Waals surface area (Å²) in [6.45, 7) is 3.71. The number of esters is 1. The van der Waals surface area contributed by atoms with Crippen LogP contribution in [0.3, 0.4) is 0 Å². The average molecular weight is 378 g/mol. The maximum atomic E-state index is 12.6. The van der Waals surface area contributed by atoms with E-state index in [1.165, 1.54) is 13.4 Å². The number of ether oxygens (including phenoxy) is 1. The molecule has 3 aromatic rings. The number of benzene rings is 2. The fourth-order valence-electron chi connectivity index (χ4n) is 2.95. The van der Waals surface area contributed by atoms with E-state index in [1.54, 1.807) is 17.1 Å². The van der Waals surface area contributed by atoms with Crippen molar-refractivity contribution in [2.45, 2.75) is 20.3 Å². The number of hydrogen-bond donors (Lipinski definition) is 1. The highest BCUT2D eigenvalue weighted by Crippen LogP contribution is 2.18. The molecule has 1 heterocycles. The minimum absolute atomic E-state index is 0.182. The predicted molar refractivity (Wildman–Crippen MR) is 105 cm³/mol. The number of aromatic nitrogens is 3. The first-order valence-corrected chi connectivity index (χ1v) is 8.91. The first-order valence-electron chi connectivity index (χ1n) is 8.91. The summed E-state index contributed by atoms with van der Waals surface area (Å²) in [7, 11) is 1.39. The lowest BCUT2D eigenvalue weighted by molar-refractivity contribution is -0.144. The van der Waals surface area contributed by atoms with Crippen molar-refractivity contribution in [2.24, 2.45) is 5.92 Å². The molecule has 1 N–H and O–H groups in total. The molecular formula is C21H22N4O3. The molecular weight excluding hydrogens is 356 g/mol. The van der Waals surface area contributed by atoms with Gasteiger partial charge in [0.2, 0.25) is 0 Å². The van der Waals surface area contributed by atoms with Gasteiger partial charge in [-0.05, 0) is 54.8 Å². The largest absolute Gasteiger partial charge is 0.469 e. The van der Waals surface area contributed by atoms with Crippen LogP contribution >= 0.6 is 0 Å². The Labute approximate surface area is 163 Å². The van der Waals surface area contributed by atoms with Crippen LogP contribution in [-0.2, 0) is 16.0 Å². The highest BCUT2D eigenvalue weighted by molar-refractivity contribution is 6.05. The van der Waals surface area contributed by atoms with Gasteiger partial charge in [-0.25, -0.2) is 9.67 Å². The molecule has 1 amide bonds. The molecule has 144 valence electrons. The van der Waals surface area contributed by atoms with E-state index >= 15 is 0 Å². The molecule has 0 spiro atoms. The quantitative estimate of drug-likeness (QED) is 0.666. The van der Waals surface area contributed by atoms with Crippen LogP contribution in [0.2, 0.25) is 0 Å². The highest BCUT2D eigenvalue weighted by atomic mass is 16.5.